The summed E-state index contributed by atoms with van der Waals surface area (Å²) in [6.45, 7) is 2.72. The van der Waals surface area contributed by atoms with E-state index < -0.39 is 0 Å². The molecule has 0 unspecified atom stereocenters. The molecule has 0 saturated carbocycles. The van der Waals surface area contributed by atoms with Crippen LogP contribution in [0.2, 0.25) is 0 Å². The molecule has 0 N–H and O–H groups in total. The summed E-state index contributed by atoms with van der Waals surface area (Å²) in [6, 6.07) is 0. The fraction of sp³-hybridized carbons (Fsp3) is 0.333. The van der Waals surface area contributed by atoms with E-state index in [9.17, 15) is 4.79 Å². The smallest absolute Gasteiger partial charge is 0.205 e. The lowest BCUT2D eigenvalue weighted by Crippen LogP contribution is -2.20. The van der Waals surface area contributed by atoms with Gasteiger partial charge in [-0.15, -0.1) is 11.8 Å². The van der Waals surface area contributed by atoms with Gasteiger partial charge in [-0.2, -0.15) is 0 Å². The number of fused-ring (bicyclic) bond motifs is 1. The lowest BCUT2D eigenvalue weighted by Gasteiger charge is -2.16. The molecule has 0 atom stereocenters. The second-order valence-corrected chi connectivity index (χ2v) is 3.98. The van der Waals surface area contributed by atoms with E-state index in [1.165, 1.54) is 0 Å². The molecule has 0 aromatic rings. The van der Waals surface area contributed by atoms with Crippen molar-refractivity contribution in [2.24, 2.45) is 4.99 Å². The highest BCUT2D eigenvalue weighted by Gasteiger charge is 2.21. The largest absolute Gasteiger partial charge is 0.287 e. The lowest BCUT2D eigenvalue weighted by atomic mass is 10.1. The molecule has 3 heteroatoms. The molecular weight excluding hydrogens is 170 g/mol. The van der Waals surface area contributed by atoms with Gasteiger partial charge in [0.2, 0.25) is 5.78 Å². The van der Waals surface area contributed by atoms with Gasteiger partial charge in [0, 0.05) is 17.2 Å². The molecule has 12 heavy (non-hydrogen) atoms. The van der Waals surface area contributed by atoms with Crippen LogP contribution in [0.15, 0.2) is 27.6 Å². The van der Waals surface area contributed by atoms with Crippen molar-refractivity contribution >= 4 is 23.3 Å². The topological polar surface area (TPSA) is 29.4 Å². The summed E-state index contributed by atoms with van der Waals surface area (Å²) in [5.41, 5.74) is 1.69. The summed E-state index contributed by atoms with van der Waals surface area (Å²) >= 11 is 1.72. The van der Waals surface area contributed by atoms with Crippen LogP contribution in [0.3, 0.4) is 0 Å². The molecule has 0 bridgehead atoms. The Morgan fingerprint density at radius 3 is 3.17 bits per heavy atom. The van der Waals surface area contributed by atoms with E-state index in [0.717, 1.165) is 22.8 Å². The van der Waals surface area contributed by atoms with Gasteiger partial charge in [0.05, 0.1) is 0 Å². The van der Waals surface area contributed by atoms with Gasteiger partial charge in [-0.3, -0.25) is 9.79 Å². The number of allylic oxidation sites excluding steroid dienone is 4. The first-order chi connectivity index (χ1) is 5.77. The normalized spacial score (nSPS) is 22.4. The summed E-state index contributed by atoms with van der Waals surface area (Å²) < 4.78 is 0. The van der Waals surface area contributed by atoms with Crippen LogP contribution in [0.25, 0.3) is 0 Å². The van der Waals surface area contributed by atoms with Gasteiger partial charge >= 0.3 is 0 Å². The second kappa shape index (κ2) is 2.90. The third-order valence-electron chi connectivity index (χ3n) is 1.80. The van der Waals surface area contributed by atoms with E-state index >= 15 is 0 Å². The molecule has 0 spiro atoms. The number of hydrogen-bond acceptors (Lipinski definition) is 3. The third kappa shape index (κ3) is 1.25. The minimum Gasteiger partial charge on any atom is -0.287 e. The molecule has 2 rings (SSSR count). The van der Waals surface area contributed by atoms with Crippen molar-refractivity contribution in [3.05, 3.63) is 22.6 Å². The van der Waals surface area contributed by atoms with Gasteiger partial charge in [-0.1, -0.05) is 0 Å². The second-order valence-electron chi connectivity index (χ2n) is 2.84. The first-order valence-electron chi connectivity index (χ1n) is 3.89. The van der Waals surface area contributed by atoms with Crippen molar-refractivity contribution in [2.75, 3.05) is 12.3 Å². The van der Waals surface area contributed by atoms with Gasteiger partial charge in [0.1, 0.15) is 5.71 Å². The van der Waals surface area contributed by atoms with Gasteiger partial charge in [0.15, 0.2) is 0 Å². The van der Waals surface area contributed by atoms with Crippen LogP contribution in [0.4, 0.5) is 0 Å². The van der Waals surface area contributed by atoms with Gasteiger partial charge < -0.3 is 0 Å². The minimum atomic E-state index is 0.0669. The first-order valence-corrected chi connectivity index (χ1v) is 4.88. The van der Waals surface area contributed by atoms with Gasteiger partial charge in [-0.25, -0.2) is 0 Å². The zero-order valence-electron chi connectivity index (χ0n) is 6.83. The van der Waals surface area contributed by atoms with Crippen molar-refractivity contribution in [3.63, 3.8) is 0 Å². The van der Waals surface area contributed by atoms with Crippen molar-refractivity contribution in [1.29, 1.82) is 0 Å². The molecule has 2 nitrogen and oxygen atoms in total. The van der Waals surface area contributed by atoms with Crippen molar-refractivity contribution in [2.45, 2.75) is 6.92 Å². The van der Waals surface area contributed by atoms with E-state index in [-0.39, 0.29) is 5.78 Å². The van der Waals surface area contributed by atoms with Crippen molar-refractivity contribution in [1.82, 2.24) is 0 Å². The monoisotopic (exact) mass is 179 g/mol. The quantitative estimate of drug-likeness (QED) is 0.528. The van der Waals surface area contributed by atoms with Crippen LogP contribution in [0, 0.1) is 0 Å². The van der Waals surface area contributed by atoms with Crippen LogP contribution >= 0.6 is 11.8 Å². The lowest BCUT2D eigenvalue weighted by molar-refractivity contribution is -0.108. The average Bonchev–Trinajstić information content (AvgIpc) is 2.04. The predicted octanol–water partition coefficient (Wildman–Crippen LogP) is 1.59. The molecule has 2 aliphatic rings. The van der Waals surface area contributed by atoms with Crippen LogP contribution in [-0.2, 0) is 4.79 Å². The summed E-state index contributed by atoms with van der Waals surface area (Å²) in [5, 5.41) is 0. The first kappa shape index (κ1) is 7.80. The number of rotatable bonds is 0. The summed E-state index contributed by atoms with van der Waals surface area (Å²) in [6.07, 6.45) is 3.68. The van der Waals surface area contributed by atoms with E-state index in [2.05, 4.69) is 4.99 Å². The Labute approximate surface area is 75.4 Å². The minimum absolute atomic E-state index is 0.0669. The van der Waals surface area contributed by atoms with Crippen LogP contribution in [0.5, 0.6) is 0 Å². The third-order valence-corrected chi connectivity index (χ3v) is 2.81. The number of hydrogen-bond donors (Lipinski definition) is 0. The number of nitrogens with zero attached hydrogens (tertiary/aromatic N) is 1. The summed E-state index contributed by atoms with van der Waals surface area (Å²) in [5.74, 6) is 1.06. The Hall–Kier alpha value is -0.830. The Morgan fingerprint density at radius 2 is 2.33 bits per heavy atom. The SMILES string of the molecule is CC1=CC(=O)C2=NCCSC2=C1. The maximum absolute atomic E-state index is 11.4. The zero-order valence-corrected chi connectivity index (χ0v) is 7.65. The molecule has 1 heterocycles. The molecule has 0 aromatic heterocycles. The average molecular weight is 179 g/mol. The highest BCUT2D eigenvalue weighted by atomic mass is 32.2. The Bertz CT molecular complexity index is 325. The van der Waals surface area contributed by atoms with Crippen LogP contribution in [-0.4, -0.2) is 23.8 Å². The highest BCUT2D eigenvalue weighted by molar-refractivity contribution is 8.04. The standard InChI is InChI=1S/C9H9NOS/c1-6-4-7(11)9-8(5-6)12-3-2-10-9/h4-5H,2-3H2,1H3. The van der Waals surface area contributed by atoms with Crippen LogP contribution in [0.1, 0.15) is 6.92 Å². The van der Waals surface area contributed by atoms with E-state index in [0.29, 0.717) is 5.71 Å². The predicted molar refractivity (Wildman–Crippen MR) is 51.6 cm³/mol. The maximum atomic E-state index is 11.4. The molecule has 62 valence electrons. The van der Waals surface area contributed by atoms with Gasteiger partial charge in [0.25, 0.3) is 0 Å². The Morgan fingerprint density at radius 1 is 1.50 bits per heavy atom. The van der Waals surface area contributed by atoms with E-state index in [1.807, 2.05) is 13.0 Å². The molecule has 0 saturated heterocycles. The summed E-state index contributed by atoms with van der Waals surface area (Å²) in [7, 11) is 0. The number of thioether (sulfide) groups is 1. The van der Waals surface area contributed by atoms with Crippen LogP contribution < -0.4 is 0 Å². The molecule has 1 aliphatic heterocycles. The number of carbonyl (C=O) groups is 1. The number of aliphatic imine (C=N–C) groups is 1. The molecule has 0 aromatic carbocycles. The number of carbonyl (C=O) groups excluding carboxylic acids is 1. The highest BCUT2D eigenvalue weighted by Crippen LogP contribution is 2.26. The number of ketones is 1. The molecule has 0 radical (unpaired) electrons. The molecule has 0 fully saturated rings. The fourth-order valence-electron chi connectivity index (χ4n) is 1.29. The summed E-state index contributed by atoms with van der Waals surface area (Å²) in [4.78, 5) is 16.6. The Kier molecular flexibility index (Phi) is 1.89. The Balaban J connectivity index is 2.45. The fourth-order valence-corrected chi connectivity index (χ4v) is 2.27. The van der Waals surface area contributed by atoms with Crippen molar-refractivity contribution in [3.8, 4) is 0 Å². The van der Waals surface area contributed by atoms with E-state index in [1.54, 1.807) is 17.8 Å². The van der Waals surface area contributed by atoms with Gasteiger partial charge in [-0.05, 0) is 24.6 Å². The van der Waals surface area contributed by atoms with E-state index in [4.69, 9.17) is 0 Å². The van der Waals surface area contributed by atoms with Crippen molar-refractivity contribution < 1.29 is 4.79 Å². The maximum Gasteiger partial charge on any atom is 0.205 e. The molecular formula is C9H9NOS. The zero-order chi connectivity index (χ0) is 8.55. The molecule has 1 aliphatic carbocycles. The molecule has 0 amide bonds.